The number of epoxide rings is 1. The van der Waals surface area contributed by atoms with Crippen molar-refractivity contribution in [3.8, 4) is 5.75 Å². The van der Waals surface area contributed by atoms with Gasteiger partial charge in [0.1, 0.15) is 18.5 Å². The highest BCUT2D eigenvalue weighted by Gasteiger charge is 2.40. The maximum Gasteiger partial charge on any atom is 0.173 e. The molecule has 4 heteroatoms. The standard InChI is InChI=1S/C32H30N2O2/c1-4-11-25(12-5-1)32(26-13-6-2-7-14-26,27-15-8-3-9-16-27)34-20-19-24-21-33-29-17-10-18-30(31(24)29)36-23-28-22-35-28/h1-18,21,28,33-34H,19-20,22-23H2/p+1/t28-/m1/s1. The van der Waals surface area contributed by atoms with E-state index in [0.29, 0.717) is 6.61 Å². The normalized spacial score (nSPS) is 15.2. The van der Waals surface area contributed by atoms with Gasteiger partial charge >= 0.3 is 0 Å². The molecular weight excluding hydrogens is 444 g/mol. The van der Waals surface area contributed by atoms with Gasteiger partial charge in [-0.25, -0.2) is 0 Å². The lowest BCUT2D eigenvalue weighted by atomic mass is 9.77. The van der Waals surface area contributed by atoms with Crippen molar-refractivity contribution in [1.82, 2.24) is 4.98 Å². The molecule has 180 valence electrons. The number of aromatic amines is 1. The van der Waals surface area contributed by atoms with Crippen LogP contribution < -0.4 is 10.1 Å². The summed E-state index contributed by atoms with van der Waals surface area (Å²) in [6.45, 7) is 2.31. The molecule has 1 aromatic heterocycles. The van der Waals surface area contributed by atoms with E-state index in [1.54, 1.807) is 0 Å². The number of benzene rings is 4. The summed E-state index contributed by atoms with van der Waals surface area (Å²) >= 11 is 0. The zero-order chi connectivity index (χ0) is 24.2. The molecule has 0 bridgehead atoms. The van der Waals surface area contributed by atoms with Gasteiger partial charge in [-0.3, -0.25) is 0 Å². The second-order valence-corrected chi connectivity index (χ2v) is 9.41. The largest absolute Gasteiger partial charge is 0.490 e. The molecule has 1 aliphatic rings. The molecule has 0 aliphatic carbocycles. The van der Waals surface area contributed by atoms with Crippen molar-refractivity contribution in [3.63, 3.8) is 0 Å². The van der Waals surface area contributed by atoms with Gasteiger partial charge in [0.15, 0.2) is 5.54 Å². The first-order chi connectivity index (χ1) is 17.8. The van der Waals surface area contributed by atoms with Gasteiger partial charge in [-0.05, 0) is 17.7 Å². The lowest BCUT2D eigenvalue weighted by Crippen LogP contribution is -2.96. The van der Waals surface area contributed by atoms with Crippen LogP contribution in [0.25, 0.3) is 10.9 Å². The summed E-state index contributed by atoms with van der Waals surface area (Å²) in [5, 5.41) is 3.67. The number of hydrogen-bond donors (Lipinski definition) is 2. The number of aromatic nitrogens is 1. The van der Waals surface area contributed by atoms with Crippen molar-refractivity contribution < 1.29 is 14.8 Å². The summed E-state index contributed by atoms with van der Waals surface area (Å²) in [7, 11) is 0. The molecular formula is C32H31N2O2+. The van der Waals surface area contributed by atoms with Crippen molar-refractivity contribution >= 4 is 10.9 Å². The Hall–Kier alpha value is -3.86. The van der Waals surface area contributed by atoms with Gasteiger partial charge in [-0.15, -0.1) is 0 Å². The Morgan fingerprint density at radius 2 is 1.36 bits per heavy atom. The molecule has 36 heavy (non-hydrogen) atoms. The third-order valence-electron chi connectivity index (χ3n) is 7.13. The van der Waals surface area contributed by atoms with E-state index >= 15 is 0 Å². The summed E-state index contributed by atoms with van der Waals surface area (Å²) in [5.74, 6) is 0.930. The average Bonchev–Trinajstić information content (AvgIpc) is 3.69. The predicted molar refractivity (Wildman–Crippen MR) is 143 cm³/mol. The van der Waals surface area contributed by atoms with Gasteiger partial charge in [-0.2, -0.15) is 0 Å². The van der Waals surface area contributed by atoms with Crippen LogP contribution in [0.15, 0.2) is 115 Å². The number of ether oxygens (including phenoxy) is 2. The van der Waals surface area contributed by atoms with Gasteiger partial charge in [0.2, 0.25) is 0 Å². The molecule has 2 heterocycles. The maximum atomic E-state index is 6.14. The molecule has 0 unspecified atom stereocenters. The summed E-state index contributed by atoms with van der Waals surface area (Å²) in [6.07, 6.45) is 3.28. The average molecular weight is 476 g/mol. The van der Waals surface area contributed by atoms with Gasteiger partial charge < -0.3 is 19.8 Å². The lowest BCUT2D eigenvalue weighted by molar-refractivity contribution is -0.716. The minimum absolute atomic E-state index is 0.235. The number of rotatable bonds is 10. The van der Waals surface area contributed by atoms with Gasteiger partial charge in [0, 0.05) is 40.2 Å². The van der Waals surface area contributed by atoms with Crippen LogP contribution in [-0.2, 0) is 16.7 Å². The zero-order valence-corrected chi connectivity index (χ0v) is 20.3. The Bertz CT molecular complexity index is 1310. The fourth-order valence-corrected chi connectivity index (χ4v) is 5.28. The fourth-order valence-electron chi connectivity index (χ4n) is 5.28. The van der Waals surface area contributed by atoms with Crippen LogP contribution in [0.4, 0.5) is 0 Å². The van der Waals surface area contributed by atoms with E-state index in [-0.39, 0.29) is 11.6 Å². The number of fused-ring (bicyclic) bond motifs is 1. The summed E-state index contributed by atoms with van der Waals surface area (Å²) in [6, 6.07) is 38.8. The first-order valence-electron chi connectivity index (χ1n) is 12.7. The molecule has 4 nitrogen and oxygen atoms in total. The molecule has 0 radical (unpaired) electrons. The van der Waals surface area contributed by atoms with Crippen LogP contribution in [0.5, 0.6) is 5.75 Å². The topological polar surface area (TPSA) is 54.2 Å². The Balaban J connectivity index is 1.35. The number of hydrogen-bond acceptors (Lipinski definition) is 2. The summed E-state index contributed by atoms with van der Waals surface area (Å²) in [4.78, 5) is 3.45. The second kappa shape index (κ2) is 10.0. The molecule has 6 rings (SSSR count). The first kappa shape index (κ1) is 22.6. The van der Waals surface area contributed by atoms with E-state index in [0.717, 1.165) is 30.8 Å². The third kappa shape index (κ3) is 4.41. The van der Waals surface area contributed by atoms with E-state index in [1.165, 1.54) is 27.6 Å². The quantitative estimate of drug-likeness (QED) is 0.220. The maximum absolute atomic E-state index is 6.14. The van der Waals surface area contributed by atoms with Gasteiger partial charge in [0.25, 0.3) is 0 Å². The third-order valence-corrected chi connectivity index (χ3v) is 7.13. The van der Waals surface area contributed by atoms with E-state index in [4.69, 9.17) is 9.47 Å². The number of nitrogens with one attached hydrogen (secondary N) is 1. The van der Waals surface area contributed by atoms with Crippen molar-refractivity contribution in [1.29, 1.82) is 0 Å². The van der Waals surface area contributed by atoms with Gasteiger partial charge in [0.05, 0.1) is 13.2 Å². The fraction of sp³-hybridized carbons (Fsp3) is 0.188. The number of nitrogens with two attached hydrogens (primary N) is 1. The second-order valence-electron chi connectivity index (χ2n) is 9.41. The summed E-state index contributed by atoms with van der Waals surface area (Å²) < 4.78 is 11.5. The van der Waals surface area contributed by atoms with Crippen molar-refractivity contribution in [2.75, 3.05) is 19.8 Å². The van der Waals surface area contributed by atoms with Crippen LogP contribution in [0.2, 0.25) is 0 Å². The lowest BCUT2D eigenvalue weighted by Gasteiger charge is -2.33. The van der Waals surface area contributed by atoms with E-state index < -0.39 is 0 Å². The van der Waals surface area contributed by atoms with Crippen LogP contribution >= 0.6 is 0 Å². The number of H-pyrrole nitrogens is 1. The Morgan fingerprint density at radius 3 is 1.92 bits per heavy atom. The first-order valence-corrected chi connectivity index (χ1v) is 12.7. The Labute approximate surface area is 211 Å². The molecule has 1 atom stereocenters. The molecule has 0 amide bonds. The minimum Gasteiger partial charge on any atom is -0.490 e. The van der Waals surface area contributed by atoms with Crippen LogP contribution in [0.3, 0.4) is 0 Å². The molecule has 3 N–H and O–H groups in total. The van der Waals surface area contributed by atoms with Crippen LogP contribution in [0, 0.1) is 0 Å². The Morgan fingerprint density at radius 1 is 0.778 bits per heavy atom. The van der Waals surface area contributed by atoms with E-state index in [9.17, 15) is 0 Å². The molecule has 4 aromatic carbocycles. The molecule has 0 saturated carbocycles. The SMILES string of the molecule is c1ccc(C([NH2+]CCc2c[nH]c3cccc(OC[C@H]4CO4)c23)(c2ccccc2)c2ccccc2)cc1. The molecule has 1 aliphatic heterocycles. The smallest absolute Gasteiger partial charge is 0.173 e. The molecule has 5 aromatic rings. The monoisotopic (exact) mass is 475 g/mol. The van der Waals surface area contributed by atoms with Crippen molar-refractivity contribution in [2.45, 2.75) is 18.1 Å². The zero-order valence-electron chi connectivity index (χ0n) is 20.3. The number of quaternary nitrogens is 1. The molecule has 0 spiro atoms. The van der Waals surface area contributed by atoms with E-state index in [2.05, 4.69) is 120 Å². The highest BCUT2D eigenvalue weighted by molar-refractivity contribution is 5.89. The van der Waals surface area contributed by atoms with Crippen LogP contribution in [-0.4, -0.2) is 30.8 Å². The van der Waals surface area contributed by atoms with Crippen molar-refractivity contribution in [3.05, 3.63) is 138 Å². The van der Waals surface area contributed by atoms with Gasteiger partial charge in [-0.1, -0.05) is 97.1 Å². The van der Waals surface area contributed by atoms with E-state index in [1.807, 2.05) is 6.07 Å². The minimum atomic E-state index is -0.349. The highest BCUT2D eigenvalue weighted by Crippen LogP contribution is 2.33. The van der Waals surface area contributed by atoms with Crippen LogP contribution in [0.1, 0.15) is 22.3 Å². The predicted octanol–water partition coefficient (Wildman–Crippen LogP) is 5.04. The highest BCUT2D eigenvalue weighted by atomic mass is 16.6. The summed E-state index contributed by atoms with van der Waals surface area (Å²) in [5.41, 5.74) is 5.86. The van der Waals surface area contributed by atoms with Crippen molar-refractivity contribution in [2.24, 2.45) is 0 Å². The Kier molecular flexibility index (Phi) is 6.29. The molecule has 1 saturated heterocycles. The molecule has 1 fully saturated rings.